The molecule has 1 heterocycles. The maximum absolute atomic E-state index is 12.4. The molecule has 1 unspecified atom stereocenters. The molecule has 1 atom stereocenters. The molecule has 0 fully saturated rings. The van der Waals surface area contributed by atoms with E-state index in [0.717, 1.165) is 0 Å². The zero-order valence-electron chi connectivity index (χ0n) is 13.4. The minimum atomic E-state index is -1.09. The van der Waals surface area contributed by atoms with Crippen LogP contribution in [0, 0.1) is 0 Å². The third-order valence-electron chi connectivity index (χ3n) is 4.07. The molecular formula is C19H16O6. The van der Waals surface area contributed by atoms with Gasteiger partial charge >= 0.3 is 11.6 Å². The predicted molar refractivity (Wildman–Crippen MR) is 91.2 cm³/mol. The number of carbonyl (C=O) groups is 1. The number of benzene rings is 2. The average molecular weight is 340 g/mol. The van der Waals surface area contributed by atoms with E-state index in [1.807, 2.05) is 0 Å². The highest BCUT2D eigenvalue weighted by Gasteiger charge is 2.26. The molecule has 25 heavy (non-hydrogen) atoms. The summed E-state index contributed by atoms with van der Waals surface area (Å²) in [6, 6.07) is 13.2. The molecule has 0 saturated carbocycles. The van der Waals surface area contributed by atoms with Gasteiger partial charge in [0.25, 0.3) is 0 Å². The second-order valence-electron chi connectivity index (χ2n) is 5.57. The predicted octanol–water partition coefficient (Wildman–Crippen LogP) is 3.11. The van der Waals surface area contributed by atoms with Crippen molar-refractivity contribution in [3.05, 3.63) is 70.1 Å². The first-order chi connectivity index (χ1) is 12.0. The average Bonchev–Trinajstić information content (AvgIpc) is 2.60. The molecule has 0 aliphatic rings. The highest BCUT2D eigenvalue weighted by Crippen LogP contribution is 2.36. The van der Waals surface area contributed by atoms with Crippen LogP contribution in [0.25, 0.3) is 11.0 Å². The van der Waals surface area contributed by atoms with Gasteiger partial charge in [0.2, 0.25) is 0 Å². The van der Waals surface area contributed by atoms with Crippen LogP contribution in [-0.4, -0.2) is 23.3 Å². The van der Waals surface area contributed by atoms with Gasteiger partial charge < -0.3 is 19.4 Å². The van der Waals surface area contributed by atoms with Gasteiger partial charge in [-0.05, 0) is 29.8 Å². The molecule has 0 aliphatic heterocycles. The van der Waals surface area contributed by atoms with Crippen molar-refractivity contribution < 1.29 is 24.2 Å². The number of hydrogen-bond donors (Lipinski definition) is 2. The summed E-state index contributed by atoms with van der Waals surface area (Å²) < 4.78 is 10.4. The number of para-hydroxylation sites is 1. The lowest BCUT2D eigenvalue weighted by Gasteiger charge is -2.17. The smallest absolute Gasteiger partial charge is 0.343 e. The summed E-state index contributed by atoms with van der Waals surface area (Å²) >= 11 is 0. The van der Waals surface area contributed by atoms with Crippen LogP contribution in [0.4, 0.5) is 0 Å². The maximum Gasteiger partial charge on any atom is 0.343 e. The number of carboxylic acid groups (broad SMARTS) is 1. The maximum atomic E-state index is 12.4. The van der Waals surface area contributed by atoms with Crippen LogP contribution in [-0.2, 0) is 4.79 Å². The second kappa shape index (κ2) is 6.68. The lowest BCUT2D eigenvalue weighted by atomic mass is 9.88. The molecule has 0 bridgehead atoms. The van der Waals surface area contributed by atoms with E-state index in [1.165, 1.54) is 7.11 Å². The standard InChI is InChI=1S/C19H16O6/c1-24-12-8-6-11(7-9-12)14(10-16(20)21)17-18(22)13-4-2-3-5-15(13)25-19(17)23/h2-9,14,22H,10H2,1H3,(H,20,21). The van der Waals surface area contributed by atoms with Gasteiger partial charge in [-0.1, -0.05) is 24.3 Å². The first-order valence-corrected chi connectivity index (χ1v) is 7.61. The van der Waals surface area contributed by atoms with Crippen molar-refractivity contribution in [1.82, 2.24) is 0 Å². The van der Waals surface area contributed by atoms with Gasteiger partial charge in [0.05, 0.1) is 24.5 Å². The van der Waals surface area contributed by atoms with Crippen molar-refractivity contribution in [2.24, 2.45) is 0 Å². The second-order valence-corrected chi connectivity index (χ2v) is 5.57. The van der Waals surface area contributed by atoms with Crippen molar-refractivity contribution in [2.45, 2.75) is 12.3 Å². The van der Waals surface area contributed by atoms with Crippen molar-refractivity contribution in [2.75, 3.05) is 7.11 Å². The number of carboxylic acids is 1. The molecular weight excluding hydrogens is 324 g/mol. The van der Waals surface area contributed by atoms with Crippen molar-refractivity contribution >= 4 is 16.9 Å². The lowest BCUT2D eigenvalue weighted by molar-refractivity contribution is -0.137. The number of aliphatic carboxylic acids is 1. The molecule has 6 heteroatoms. The summed E-state index contributed by atoms with van der Waals surface area (Å²) in [5.74, 6) is -1.58. The van der Waals surface area contributed by atoms with E-state index in [9.17, 15) is 19.8 Å². The number of fused-ring (bicyclic) bond motifs is 1. The van der Waals surface area contributed by atoms with Crippen molar-refractivity contribution in [3.63, 3.8) is 0 Å². The van der Waals surface area contributed by atoms with Gasteiger partial charge in [-0.2, -0.15) is 0 Å². The first-order valence-electron chi connectivity index (χ1n) is 7.61. The van der Waals surface area contributed by atoms with Gasteiger partial charge in [-0.3, -0.25) is 4.79 Å². The Bertz CT molecular complexity index is 971. The Balaban J connectivity index is 2.20. The minimum Gasteiger partial charge on any atom is -0.507 e. The number of methoxy groups -OCH3 is 1. The molecule has 0 amide bonds. The van der Waals surface area contributed by atoms with Gasteiger partial charge in [0.1, 0.15) is 17.1 Å². The summed E-state index contributed by atoms with van der Waals surface area (Å²) in [6.45, 7) is 0. The Morgan fingerprint density at radius 2 is 1.84 bits per heavy atom. The quantitative estimate of drug-likeness (QED) is 0.693. The molecule has 1 aromatic heterocycles. The zero-order chi connectivity index (χ0) is 18.0. The minimum absolute atomic E-state index is 0.0636. The molecule has 3 aromatic rings. The van der Waals surface area contributed by atoms with Gasteiger partial charge in [0, 0.05) is 5.92 Å². The Kier molecular flexibility index (Phi) is 4.43. The van der Waals surface area contributed by atoms with E-state index in [2.05, 4.69) is 0 Å². The van der Waals surface area contributed by atoms with E-state index in [-0.39, 0.29) is 23.3 Å². The summed E-state index contributed by atoms with van der Waals surface area (Å²) in [7, 11) is 1.52. The molecule has 0 saturated heterocycles. The molecule has 3 rings (SSSR count). The van der Waals surface area contributed by atoms with Crippen LogP contribution in [0.2, 0.25) is 0 Å². The molecule has 2 N–H and O–H groups in total. The van der Waals surface area contributed by atoms with Crippen LogP contribution in [0.5, 0.6) is 11.5 Å². The summed E-state index contributed by atoms with van der Waals surface area (Å²) in [5.41, 5.74) is 0.00294. The fourth-order valence-electron chi connectivity index (χ4n) is 2.85. The molecule has 0 spiro atoms. The van der Waals surface area contributed by atoms with Gasteiger partial charge in [-0.15, -0.1) is 0 Å². The fourth-order valence-corrected chi connectivity index (χ4v) is 2.85. The first kappa shape index (κ1) is 16.6. The summed E-state index contributed by atoms with van der Waals surface area (Å²) in [4.78, 5) is 23.8. The SMILES string of the molecule is COc1ccc(C(CC(=O)O)c2c(O)c3ccccc3oc2=O)cc1. The third-order valence-corrected chi connectivity index (χ3v) is 4.07. The van der Waals surface area contributed by atoms with Crippen LogP contribution in [0.1, 0.15) is 23.5 Å². The largest absolute Gasteiger partial charge is 0.507 e. The Morgan fingerprint density at radius 1 is 1.16 bits per heavy atom. The molecule has 2 aromatic carbocycles. The number of ether oxygens (including phenoxy) is 1. The Morgan fingerprint density at radius 3 is 2.48 bits per heavy atom. The van der Waals surface area contributed by atoms with Gasteiger partial charge in [-0.25, -0.2) is 4.79 Å². The highest BCUT2D eigenvalue weighted by molar-refractivity contribution is 5.84. The molecule has 128 valence electrons. The van der Waals surface area contributed by atoms with Crippen molar-refractivity contribution in [3.8, 4) is 11.5 Å². The molecule has 0 aliphatic carbocycles. The fraction of sp³-hybridized carbons (Fsp3) is 0.158. The van der Waals surface area contributed by atoms with E-state index < -0.39 is 17.5 Å². The molecule has 6 nitrogen and oxygen atoms in total. The normalized spacial score (nSPS) is 12.0. The van der Waals surface area contributed by atoms with Crippen LogP contribution < -0.4 is 10.4 Å². The van der Waals surface area contributed by atoms with E-state index in [0.29, 0.717) is 16.7 Å². The Hall–Kier alpha value is -3.28. The van der Waals surface area contributed by atoms with Crippen molar-refractivity contribution in [1.29, 1.82) is 0 Å². The summed E-state index contributed by atoms with van der Waals surface area (Å²) in [5, 5.41) is 20.2. The van der Waals surface area contributed by atoms with Crippen LogP contribution in [0.15, 0.2) is 57.7 Å². The number of rotatable bonds is 5. The third kappa shape index (κ3) is 3.19. The van der Waals surface area contributed by atoms with Crippen LogP contribution >= 0.6 is 0 Å². The number of hydrogen-bond acceptors (Lipinski definition) is 5. The topological polar surface area (TPSA) is 97.0 Å². The van der Waals surface area contributed by atoms with E-state index in [4.69, 9.17) is 9.15 Å². The Labute approximate surface area is 142 Å². The highest BCUT2D eigenvalue weighted by atomic mass is 16.5. The van der Waals surface area contributed by atoms with E-state index >= 15 is 0 Å². The van der Waals surface area contributed by atoms with E-state index in [1.54, 1.807) is 48.5 Å². The molecule has 0 radical (unpaired) electrons. The van der Waals surface area contributed by atoms with Gasteiger partial charge in [0.15, 0.2) is 0 Å². The zero-order valence-corrected chi connectivity index (χ0v) is 13.4. The lowest BCUT2D eigenvalue weighted by Crippen LogP contribution is -2.17. The number of aromatic hydroxyl groups is 1. The monoisotopic (exact) mass is 340 g/mol. The van der Waals surface area contributed by atoms with Crippen LogP contribution in [0.3, 0.4) is 0 Å². The summed E-state index contributed by atoms with van der Waals surface area (Å²) in [6.07, 6.45) is -0.358.